The van der Waals surface area contributed by atoms with Crippen LogP contribution in [0.25, 0.3) is 10.7 Å². The Hall–Kier alpha value is -1.77. The predicted octanol–water partition coefficient (Wildman–Crippen LogP) is 0.934. The monoisotopic (exact) mass is 333 g/mol. The van der Waals surface area contributed by atoms with Crippen LogP contribution in [0.15, 0.2) is 22.0 Å². The highest BCUT2D eigenvalue weighted by atomic mass is 32.1. The van der Waals surface area contributed by atoms with Crippen LogP contribution < -0.4 is 5.73 Å². The smallest absolute Gasteiger partial charge is 0.242 e. The number of rotatable bonds is 4. The van der Waals surface area contributed by atoms with Gasteiger partial charge in [0.25, 0.3) is 0 Å². The lowest BCUT2D eigenvalue weighted by molar-refractivity contribution is -0.135. The van der Waals surface area contributed by atoms with Crippen molar-refractivity contribution in [3.63, 3.8) is 0 Å². The molecule has 2 aromatic rings. The average molecular weight is 333 g/mol. The van der Waals surface area contributed by atoms with Gasteiger partial charge in [0.2, 0.25) is 17.6 Å². The molecular formula is C15H19N5O2S. The van der Waals surface area contributed by atoms with Crippen LogP contribution in [0.4, 0.5) is 0 Å². The van der Waals surface area contributed by atoms with Gasteiger partial charge in [-0.3, -0.25) is 9.69 Å². The SMILES string of the molecule is NC1(C(=O)N2CCN(Cc3nc(-c4cccs4)no3)CC2)CC1. The van der Waals surface area contributed by atoms with Crippen LogP contribution in [0, 0.1) is 0 Å². The van der Waals surface area contributed by atoms with Gasteiger partial charge in [-0.15, -0.1) is 11.3 Å². The fourth-order valence-corrected chi connectivity index (χ4v) is 3.44. The minimum atomic E-state index is -0.565. The Morgan fingerprint density at radius 1 is 1.35 bits per heavy atom. The minimum absolute atomic E-state index is 0.106. The number of nitrogens with zero attached hydrogens (tertiary/aromatic N) is 4. The fraction of sp³-hybridized carbons (Fsp3) is 0.533. The van der Waals surface area contributed by atoms with Crippen molar-refractivity contribution in [2.24, 2.45) is 5.73 Å². The van der Waals surface area contributed by atoms with Crippen LogP contribution in [0.5, 0.6) is 0 Å². The molecule has 2 fully saturated rings. The largest absolute Gasteiger partial charge is 0.339 e. The number of carbonyl (C=O) groups is 1. The first-order chi connectivity index (χ1) is 11.1. The molecular weight excluding hydrogens is 314 g/mol. The average Bonchev–Trinajstić information content (AvgIpc) is 2.99. The molecule has 0 radical (unpaired) electrons. The number of nitrogens with two attached hydrogens (primary N) is 1. The number of hydrogen-bond donors (Lipinski definition) is 1. The predicted molar refractivity (Wildman–Crippen MR) is 85.6 cm³/mol. The van der Waals surface area contributed by atoms with Gasteiger partial charge in [-0.25, -0.2) is 0 Å². The molecule has 2 N–H and O–H groups in total. The van der Waals surface area contributed by atoms with E-state index in [9.17, 15) is 4.79 Å². The highest BCUT2D eigenvalue weighted by Crippen LogP contribution is 2.34. The normalized spacial score (nSPS) is 20.7. The quantitative estimate of drug-likeness (QED) is 0.895. The van der Waals surface area contributed by atoms with Gasteiger partial charge < -0.3 is 15.2 Å². The maximum absolute atomic E-state index is 12.2. The zero-order chi connectivity index (χ0) is 15.9. The molecule has 0 unspecified atom stereocenters. The summed E-state index contributed by atoms with van der Waals surface area (Å²) in [6.45, 7) is 3.65. The lowest BCUT2D eigenvalue weighted by Crippen LogP contribution is -2.53. The van der Waals surface area contributed by atoms with Crippen molar-refractivity contribution in [1.29, 1.82) is 0 Å². The zero-order valence-electron chi connectivity index (χ0n) is 12.8. The molecule has 1 saturated carbocycles. The summed E-state index contributed by atoms with van der Waals surface area (Å²) in [5.41, 5.74) is 5.43. The Labute approximate surface area is 138 Å². The molecule has 0 atom stereocenters. The number of aromatic nitrogens is 2. The molecule has 1 aliphatic heterocycles. The Bertz CT molecular complexity index is 687. The summed E-state index contributed by atoms with van der Waals surface area (Å²) in [5.74, 6) is 1.36. The fourth-order valence-electron chi connectivity index (χ4n) is 2.79. The summed E-state index contributed by atoms with van der Waals surface area (Å²) >= 11 is 1.59. The molecule has 2 aromatic heterocycles. The molecule has 7 nitrogen and oxygen atoms in total. The lowest BCUT2D eigenvalue weighted by atomic mass is 10.2. The molecule has 2 aliphatic rings. The molecule has 1 amide bonds. The van der Waals surface area contributed by atoms with Crippen molar-refractivity contribution < 1.29 is 9.32 Å². The van der Waals surface area contributed by atoms with Gasteiger partial charge in [-0.05, 0) is 24.3 Å². The van der Waals surface area contributed by atoms with Crippen molar-refractivity contribution in [1.82, 2.24) is 19.9 Å². The van der Waals surface area contributed by atoms with E-state index in [1.54, 1.807) is 11.3 Å². The van der Waals surface area contributed by atoms with Crippen LogP contribution in [0.3, 0.4) is 0 Å². The van der Waals surface area contributed by atoms with E-state index in [1.807, 2.05) is 22.4 Å². The van der Waals surface area contributed by atoms with Crippen LogP contribution >= 0.6 is 11.3 Å². The van der Waals surface area contributed by atoms with E-state index in [1.165, 1.54) is 0 Å². The highest BCUT2D eigenvalue weighted by molar-refractivity contribution is 7.13. The van der Waals surface area contributed by atoms with Gasteiger partial charge in [0, 0.05) is 26.2 Å². The second-order valence-corrected chi connectivity index (χ2v) is 7.16. The van der Waals surface area contributed by atoms with Crippen molar-refractivity contribution in [2.45, 2.75) is 24.9 Å². The molecule has 0 aromatic carbocycles. The third kappa shape index (κ3) is 3.01. The number of piperazine rings is 1. The van der Waals surface area contributed by atoms with E-state index in [2.05, 4.69) is 15.0 Å². The second-order valence-electron chi connectivity index (χ2n) is 6.21. The van der Waals surface area contributed by atoms with Gasteiger partial charge in [0.05, 0.1) is 17.0 Å². The van der Waals surface area contributed by atoms with E-state index in [4.69, 9.17) is 10.3 Å². The first-order valence-electron chi connectivity index (χ1n) is 7.81. The summed E-state index contributed by atoms with van der Waals surface area (Å²) in [7, 11) is 0. The number of amides is 1. The third-order valence-electron chi connectivity index (χ3n) is 4.44. The molecule has 0 bridgehead atoms. The molecule has 1 aliphatic carbocycles. The van der Waals surface area contributed by atoms with Gasteiger partial charge >= 0.3 is 0 Å². The summed E-state index contributed by atoms with van der Waals surface area (Å²) in [5, 5.41) is 6.02. The van der Waals surface area contributed by atoms with Crippen LogP contribution in [0.2, 0.25) is 0 Å². The van der Waals surface area contributed by atoms with Crippen molar-refractivity contribution in [2.75, 3.05) is 26.2 Å². The Kier molecular flexibility index (Phi) is 3.67. The van der Waals surface area contributed by atoms with Gasteiger partial charge in [0.15, 0.2) is 0 Å². The molecule has 8 heteroatoms. The van der Waals surface area contributed by atoms with Crippen molar-refractivity contribution >= 4 is 17.2 Å². The first-order valence-corrected chi connectivity index (χ1v) is 8.69. The first kappa shape index (κ1) is 14.8. The molecule has 23 heavy (non-hydrogen) atoms. The Morgan fingerprint density at radius 3 is 2.78 bits per heavy atom. The Balaban J connectivity index is 1.32. The standard InChI is InChI=1S/C15H19N5O2S/c16-15(3-4-15)14(21)20-7-5-19(6-8-20)10-12-17-13(18-22-12)11-2-1-9-23-11/h1-2,9H,3-8,10,16H2. The van der Waals surface area contributed by atoms with E-state index >= 15 is 0 Å². The third-order valence-corrected chi connectivity index (χ3v) is 5.31. The van der Waals surface area contributed by atoms with Crippen molar-refractivity contribution in [3.8, 4) is 10.7 Å². The summed E-state index contributed by atoms with van der Waals surface area (Å²) in [6, 6.07) is 3.95. The summed E-state index contributed by atoms with van der Waals surface area (Å²) < 4.78 is 5.33. The van der Waals surface area contributed by atoms with Crippen molar-refractivity contribution in [3.05, 3.63) is 23.4 Å². The topological polar surface area (TPSA) is 88.5 Å². The minimum Gasteiger partial charge on any atom is -0.339 e. The molecule has 0 spiro atoms. The van der Waals surface area contributed by atoms with Crippen LogP contribution in [-0.2, 0) is 11.3 Å². The maximum atomic E-state index is 12.2. The maximum Gasteiger partial charge on any atom is 0.242 e. The van der Waals surface area contributed by atoms with E-state index < -0.39 is 5.54 Å². The zero-order valence-corrected chi connectivity index (χ0v) is 13.6. The lowest BCUT2D eigenvalue weighted by Gasteiger charge is -2.35. The van der Waals surface area contributed by atoms with Gasteiger partial charge in [0.1, 0.15) is 0 Å². The highest BCUT2D eigenvalue weighted by Gasteiger charge is 2.48. The van der Waals surface area contributed by atoms with Gasteiger partial charge in [-0.1, -0.05) is 11.2 Å². The van der Waals surface area contributed by atoms with E-state index in [0.29, 0.717) is 31.3 Å². The summed E-state index contributed by atoms with van der Waals surface area (Å²) in [4.78, 5) is 21.8. The number of carbonyl (C=O) groups excluding carboxylic acids is 1. The Morgan fingerprint density at radius 2 is 2.13 bits per heavy atom. The number of hydrogen-bond acceptors (Lipinski definition) is 7. The van der Waals surface area contributed by atoms with E-state index in [0.717, 1.165) is 30.8 Å². The molecule has 4 rings (SSSR count). The molecule has 122 valence electrons. The second kappa shape index (κ2) is 5.70. The molecule has 1 saturated heterocycles. The number of thiophene rings is 1. The van der Waals surface area contributed by atoms with Crippen LogP contribution in [0.1, 0.15) is 18.7 Å². The van der Waals surface area contributed by atoms with Crippen LogP contribution in [-0.4, -0.2) is 57.6 Å². The van der Waals surface area contributed by atoms with E-state index in [-0.39, 0.29) is 5.91 Å². The summed E-state index contributed by atoms with van der Waals surface area (Å²) in [6.07, 6.45) is 1.64. The van der Waals surface area contributed by atoms with Gasteiger partial charge in [-0.2, -0.15) is 4.98 Å². The molecule has 3 heterocycles.